The molecule has 0 aliphatic carbocycles. The molecule has 0 saturated heterocycles. The molecule has 5 heteroatoms. The first kappa shape index (κ1) is 13.7. The van der Waals surface area contributed by atoms with Gasteiger partial charge < -0.3 is 10.6 Å². The molecule has 0 bridgehead atoms. The number of nitrogens with one attached hydrogen (secondary N) is 2. The van der Waals surface area contributed by atoms with E-state index in [-0.39, 0.29) is 11.9 Å². The Balaban J connectivity index is 2.52. The van der Waals surface area contributed by atoms with Gasteiger partial charge in [-0.3, -0.25) is 9.48 Å². The van der Waals surface area contributed by atoms with Crippen LogP contribution < -0.4 is 10.6 Å². The fraction of sp³-hybridized carbons (Fsp3) is 0.667. The fourth-order valence-electron chi connectivity index (χ4n) is 2.05. The van der Waals surface area contributed by atoms with Gasteiger partial charge in [0.25, 0.3) is 0 Å². The molecular formula is C12H22N4O. The molecule has 0 fully saturated rings. The molecule has 1 atom stereocenters. The SMILES string of the molecule is CC(=O)NCCNC(C)c1c(C)nn(C)c1C. The molecule has 1 amide bonds. The van der Waals surface area contributed by atoms with Crippen molar-refractivity contribution in [2.75, 3.05) is 13.1 Å². The van der Waals surface area contributed by atoms with Gasteiger partial charge in [0.15, 0.2) is 0 Å². The minimum Gasteiger partial charge on any atom is -0.355 e. The summed E-state index contributed by atoms with van der Waals surface area (Å²) in [6, 6.07) is 0.248. The summed E-state index contributed by atoms with van der Waals surface area (Å²) in [5, 5.41) is 10.5. The molecule has 17 heavy (non-hydrogen) atoms. The minimum atomic E-state index is 0.00759. The number of hydrogen-bond donors (Lipinski definition) is 2. The first-order chi connectivity index (χ1) is 7.93. The molecule has 0 aromatic carbocycles. The van der Waals surface area contributed by atoms with Gasteiger partial charge >= 0.3 is 0 Å². The summed E-state index contributed by atoms with van der Waals surface area (Å²) in [7, 11) is 1.95. The predicted octanol–water partition coefficient (Wildman–Crippen LogP) is 0.824. The number of aryl methyl sites for hydroxylation is 2. The molecular weight excluding hydrogens is 216 g/mol. The standard InChI is InChI=1S/C12H22N4O/c1-8(13-6-7-14-11(4)17)12-9(2)15-16(5)10(12)3/h8,13H,6-7H2,1-5H3,(H,14,17). The Hall–Kier alpha value is -1.36. The van der Waals surface area contributed by atoms with E-state index in [1.165, 1.54) is 18.2 Å². The van der Waals surface area contributed by atoms with Crippen molar-refractivity contribution in [3.63, 3.8) is 0 Å². The average Bonchev–Trinajstić information content (AvgIpc) is 2.48. The zero-order chi connectivity index (χ0) is 13.0. The van der Waals surface area contributed by atoms with Gasteiger partial charge in [-0.15, -0.1) is 0 Å². The number of carbonyl (C=O) groups excluding carboxylic acids is 1. The van der Waals surface area contributed by atoms with Gasteiger partial charge in [-0.05, 0) is 20.8 Å². The summed E-state index contributed by atoms with van der Waals surface area (Å²) < 4.78 is 1.90. The van der Waals surface area contributed by atoms with Crippen molar-refractivity contribution < 1.29 is 4.79 Å². The molecule has 1 unspecified atom stereocenters. The second-order valence-corrected chi connectivity index (χ2v) is 4.37. The van der Waals surface area contributed by atoms with Gasteiger partial charge in [-0.2, -0.15) is 5.10 Å². The van der Waals surface area contributed by atoms with Crippen LogP contribution in [0.15, 0.2) is 0 Å². The smallest absolute Gasteiger partial charge is 0.216 e. The normalized spacial score (nSPS) is 12.5. The number of nitrogens with zero attached hydrogens (tertiary/aromatic N) is 2. The first-order valence-electron chi connectivity index (χ1n) is 5.91. The first-order valence-corrected chi connectivity index (χ1v) is 5.91. The van der Waals surface area contributed by atoms with E-state index in [1.54, 1.807) is 0 Å². The highest BCUT2D eigenvalue weighted by atomic mass is 16.1. The summed E-state index contributed by atoms with van der Waals surface area (Å²) in [5.41, 5.74) is 3.49. The maximum Gasteiger partial charge on any atom is 0.216 e. The monoisotopic (exact) mass is 238 g/mol. The van der Waals surface area contributed by atoms with Crippen molar-refractivity contribution in [1.29, 1.82) is 0 Å². The number of aromatic nitrogens is 2. The predicted molar refractivity (Wildman–Crippen MR) is 67.8 cm³/mol. The van der Waals surface area contributed by atoms with Gasteiger partial charge in [-0.25, -0.2) is 0 Å². The zero-order valence-corrected chi connectivity index (χ0v) is 11.3. The highest BCUT2D eigenvalue weighted by Crippen LogP contribution is 2.20. The Morgan fingerprint density at radius 3 is 2.53 bits per heavy atom. The van der Waals surface area contributed by atoms with E-state index >= 15 is 0 Å². The molecule has 0 aliphatic rings. The van der Waals surface area contributed by atoms with Gasteiger partial charge in [0, 0.05) is 44.4 Å². The van der Waals surface area contributed by atoms with Gasteiger partial charge in [0.1, 0.15) is 0 Å². The molecule has 1 heterocycles. The topological polar surface area (TPSA) is 59.0 Å². The number of amides is 1. The van der Waals surface area contributed by atoms with Crippen LogP contribution >= 0.6 is 0 Å². The second-order valence-electron chi connectivity index (χ2n) is 4.37. The molecule has 5 nitrogen and oxygen atoms in total. The molecule has 0 saturated carbocycles. The molecule has 1 aromatic rings. The third-order valence-electron chi connectivity index (χ3n) is 2.95. The third kappa shape index (κ3) is 3.56. The summed E-state index contributed by atoms with van der Waals surface area (Å²) in [6.45, 7) is 9.14. The Labute approximate surface area is 103 Å². The molecule has 1 rings (SSSR count). The lowest BCUT2D eigenvalue weighted by Gasteiger charge is -2.14. The van der Waals surface area contributed by atoms with Crippen molar-refractivity contribution in [3.8, 4) is 0 Å². The second kappa shape index (κ2) is 5.82. The van der Waals surface area contributed by atoms with Crippen LogP contribution in [-0.2, 0) is 11.8 Å². The minimum absolute atomic E-state index is 0.00759. The van der Waals surface area contributed by atoms with Crippen molar-refractivity contribution in [1.82, 2.24) is 20.4 Å². The number of rotatable bonds is 5. The largest absolute Gasteiger partial charge is 0.355 e. The van der Waals surface area contributed by atoms with Crippen LogP contribution in [0.25, 0.3) is 0 Å². The van der Waals surface area contributed by atoms with E-state index in [4.69, 9.17) is 0 Å². The maximum atomic E-state index is 10.7. The van der Waals surface area contributed by atoms with E-state index < -0.39 is 0 Å². The Morgan fingerprint density at radius 2 is 2.06 bits per heavy atom. The van der Waals surface area contributed by atoms with Crippen LogP contribution in [0.3, 0.4) is 0 Å². The Morgan fingerprint density at radius 1 is 1.41 bits per heavy atom. The molecule has 1 aromatic heterocycles. The summed E-state index contributed by atoms with van der Waals surface area (Å²) in [5.74, 6) is 0.00759. The van der Waals surface area contributed by atoms with E-state index in [0.29, 0.717) is 6.54 Å². The Kier molecular flexibility index (Phi) is 4.69. The quantitative estimate of drug-likeness (QED) is 0.747. The lowest BCUT2D eigenvalue weighted by molar-refractivity contribution is -0.118. The lowest BCUT2D eigenvalue weighted by atomic mass is 10.1. The summed E-state index contributed by atoms with van der Waals surface area (Å²) in [4.78, 5) is 10.7. The van der Waals surface area contributed by atoms with Crippen LogP contribution in [0.4, 0.5) is 0 Å². The summed E-state index contributed by atoms with van der Waals surface area (Å²) in [6.07, 6.45) is 0. The molecule has 0 radical (unpaired) electrons. The van der Waals surface area contributed by atoms with Crippen LogP contribution in [0, 0.1) is 13.8 Å². The van der Waals surface area contributed by atoms with Crippen molar-refractivity contribution in [2.24, 2.45) is 7.05 Å². The molecule has 0 aliphatic heterocycles. The highest BCUT2D eigenvalue weighted by Gasteiger charge is 2.15. The highest BCUT2D eigenvalue weighted by molar-refractivity contribution is 5.72. The fourth-order valence-corrected chi connectivity index (χ4v) is 2.05. The van der Waals surface area contributed by atoms with Crippen LogP contribution in [0.1, 0.15) is 36.8 Å². The zero-order valence-electron chi connectivity index (χ0n) is 11.3. The van der Waals surface area contributed by atoms with Crippen molar-refractivity contribution >= 4 is 5.91 Å². The van der Waals surface area contributed by atoms with Gasteiger partial charge in [0.2, 0.25) is 5.91 Å². The third-order valence-corrected chi connectivity index (χ3v) is 2.95. The van der Waals surface area contributed by atoms with E-state index in [9.17, 15) is 4.79 Å². The average molecular weight is 238 g/mol. The van der Waals surface area contributed by atoms with E-state index in [1.807, 2.05) is 18.7 Å². The van der Waals surface area contributed by atoms with E-state index in [0.717, 1.165) is 12.2 Å². The molecule has 0 spiro atoms. The van der Waals surface area contributed by atoms with Gasteiger partial charge in [-0.1, -0.05) is 0 Å². The Bertz CT molecular complexity index is 397. The van der Waals surface area contributed by atoms with Crippen molar-refractivity contribution in [2.45, 2.75) is 33.7 Å². The number of carbonyl (C=O) groups is 1. The van der Waals surface area contributed by atoms with Crippen LogP contribution in [0.5, 0.6) is 0 Å². The molecule has 96 valence electrons. The maximum absolute atomic E-state index is 10.7. The van der Waals surface area contributed by atoms with Gasteiger partial charge in [0.05, 0.1) is 5.69 Å². The number of hydrogen-bond acceptors (Lipinski definition) is 3. The van der Waals surface area contributed by atoms with Crippen LogP contribution in [0.2, 0.25) is 0 Å². The van der Waals surface area contributed by atoms with E-state index in [2.05, 4.69) is 29.6 Å². The summed E-state index contributed by atoms with van der Waals surface area (Å²) >= 11 is 0. The van der Waals surface area contributed by atoms with Crippen LogP contribution in [-0.4, -0.2) is 28.8 Å². The van der Waals surface area contributed by atoms with Crippen molar-refractivity contribution in [3.05, 3.63) is 17.0 Å². The lowest BCUT2D eigenvalue weighted by Crippen LogP contribution is -2.31. The molecule has 2 N–H and O–H groups in total.